The molecule has 3 aromatic rings. The first kappa shape index (κ1) is 30.4. The number of carboxylic acid groups (broad SMARTS) is 1. The minimum absolute atomic E-state index is 0.0431. The van der Waals surface area contributed by atoms with Gasteiger partial charge in [0.25, 0.3) is 5.91 Å². The first-order valence-electron chi connectivity index (χ1n) is 11.7. The molecule has 4 N–H and O–H groups in total. The Bertz CT molecular complexity index is 1320. The van der Waals surface area contributed by atoms with Crippen LogP contribution in [-0.4, -0.2) is 64.8 Å². The van der Waals surface area contributed by atoms with Gasteiger partial charge in [0.05, 0.1) is 14.8 Å². The van der Waals surface area contributed by atoms with Crippen molar-refractivity contribution in [2.75, 3.05) is 26.0 Å². The number of amides is 1. The maximum absolute atomic E-state index is 12.5. The number of alkyl halides is 3. The van der Waals surface area contributed by atoms with Gasteiger partial charge < -0.3 is 20.5 Å². The second-order valence-electron chi connectivity index (χ2n) is 8.65. The Labute approximate surface area is 235 Å². The van der Waals surface area contributed by atoms with E-state index in [1.807, 2.05) is 46.9 Å². The summed E-state index contributed by atoms with van der Waals surface area (Å²) in [6.07, 6.45) is -0.951. The third-order valence-electron chi connectivity index (χ3n) is 5.75. The SMILES string of the molecule is CSc1sc(C(=N)N)cc1-c1nc(-c2cccc(OCC(=O)N3CCC(C)CC3)c2)cs1.O=C(O)C(F)(F)F. The van der Waals surface area contributed by atoms with Crippen LogP contribution in [0.2, 0.25) is 0 Å². The van der Waals surface area contributed by atoms with Crippen molar-refractivity contribution in [3.63, 3.8) is 0 Å². The van der Waals surface area contributed by atoms with Gasteiger partial charge in [-0.05, 0) is 43.2 Å². The van der Waals surface area contributed by atoms with Gasteiger partial charge in [-0.3, -0.25) is 10.2 Å². The highest BCUT2D eigenvalue weighted by atomic mass is 32.2. The lowest BCUT2D eigenvalue weighted by atomic mass is 9.99. The summed E-state index contributed by atoms with van der Waals surface area (Å²) < 4.78 is 38.6. The Balaban J connectivity index is 0.000000532. The highest BCUT2D eigenvalue weighted by molar-refractivity contribution is 8.00. The number of amidine groups is 1. The fourth-order valence-electron chi connectivity index (χ4n) is 3.58. The second kappa shape index (κ2) is 13.3. The number of nitrogen functional groups attached to an aromatic ring is 1. The third-order valence-corrected chi connectivity index (χ3v) is 8.93. The number of thiazole rings is 1. The number of hydrogen-bond acceptors (Lipinski definition) is 8. The molecular weight excluding hydrogens is 573 g/mol. The number of nitrogens with zero attached hydrogens (tertiary/aromatic N) is 2. The van der Waals surface area contributed by atoms with Crippen molar-refractivity contribution in [3.8, 4) is 27.6 Å². The average molecular weight is 601 g/mol. The topological polar surface area (TPSA) is 130 Å². The molecule has 3 heterocycles. The Kier molecular flexibility index (Phi) is 10.4. The fourth-order valence-corrected chi connectivity index (χ4v) is 6.29. The highest BCUT2D eigenvalue weighted by Gasteiger charge is 2.38. The van der Waals surface area contributed by atoms with Gasteiger partial charge in [-0.1, -0.05) is 19.1 Å². The number of aromatic nitrogens is 1. The Morgan fingerprint density at radius 2 is 1.95 bits per heavy atom. The van der Waals surface area contributed by atoms with Crippen molar-refractivity contribution in [2.45, 2.75) is 30.2 Å². The molecule has 8 nitrogen and oxygen atoms in total. The number of nitrogens with two attached hydrogens (primary N) is 1. The minimum Gasteiger partial charge on any atom is -0.484 e. The van der Waals surface area contributed by atoms with Crippen LogP contribution in [0.5, 0.6) is 5.75 Å². The lowest BCUT2D eigenvalue weighted by Crippen LogP contribution is -2.40. The van der Waals surface area contributed by atoms with E-state index in [-0.39, 0.29) is 18.3 Å². The molecule has 1 fully saturated rings. The number of thioether (sulfide) groups is 1. The van der Waals surface area contributed by atoms with Crippen molar-refractivity contribution in [1.82, 2.24) is 9.88 Å². The van der Waals surface area contributed by atoms with Gasteiger partial charge in [-0.15, -0.1) is 34.4 Å². The van der Waals surface area contributed by atoms with Crippen LogP contribution in [0.25, 0.3) is 21.8 Å². The quantitative estimate of drug-likeness (QED) is 0.177. The summed E-state index contributed by atoms with van der Waals surface area (Å²) in [4.78, 5) is 28.8. The smallest absolute Gasteiger partial charge is 0.484 e. The summed E-state index contributed by atoms with van der Waals surface area (Å²) >= 11 is 4.71. The molecule has 0 spiro atoms. The van der Waals surface area contributed by atoms with E-state index >= 15 is 0 Å². The van der Waals surface area contributed by atoms with Crippen molar-refractivity contribution in [3.05, 3.63) is 40.6 Å². The summed E-state index contributed by atoms with van der Waals surface area (Å²) in [6.45, 7) is 3.92. The molecule has 0 radical (unpaired) electrons. The number of nitrogens with one attached hydrogen (secondary N) is 1. The van der Waals surface area contributed by atoms with Crippen molar-refractivity contribution < 1.29 is 32.6 Å². The van der Waals surface area contributed by atoms with Crippen LogP contribution in [0.15, 0.2) is 39.9 Å². The van der Waals surface area contributed by atoms with E-state index in [1.165, 1.54) is 11.3 Å². The van der Waals surface area contributed by atoms with Gasteiger partial charge in [0.15, 0.2) is 6.61 Å². The van der Waals surface area contributed by atoms with E-state index in [1.54, 1.807) is 23.1 Å². The number of carbonyl (C=O) groups is 2. The number of rotatable bonds is 7. The van der Waals surface area contributed by atoms with Crippen LogP contribution in [0.4, 0.5) is 13.2 Å². The van der Waals surface area contributed by atoms with Crippen LogP contribution in [0, 0.1) is 11.3 Å². The van der Waals surface area contributed by atoms with Crippen LogP contribution >= 0.6 is 34.4 Å². The molecule has 2 aromatic heterocycles. The summed E-state index contributed by atoms with van der Waals surface area (Å²) in [7, 11) is 0. The molecule has 210 valence electrons. The number of carbonyl (C=O) groups excluding carboxylic acids is 1. The molecule has 0 atom stereocenters. The number of ether oxygens (including phenoxy) is 1. The number of carboxylic acids is 1. The molecule has 4 rings (SSSR count). The van der Waals surface area contributed by atoms with Crippen LogP contribution in [0.3, 0.4) is 0 Å². The van der Waals surface area contributed by atoms with Crippen molar-refractivity contribution in [1.29, 1.82) is 5.41 Å². The van der Waals surface area contributed by atoms with Crippen LogP contribution < -0.4 is 10.5 Å². The molecule has 0 unspecified atom stereocenters. The number of halogens is 3. The Morgan fingerprint density at radius 3 is 2.54 bits per heavy atom. The molecule has 1 saturated heterocycles. The number of piperidine rings is 1. The van der Waals surface area contributed by atoms with Crippen LogP contribution in [-0.2, 0) is 9.59 Å². The molecule has 1 aliphatic rings. The van der Waals surface area contributed by atoms with Gasteiger partial charge in [-0.25, -0.2) is 9.78 Å². The van der Waals surface area contributed by atoms with Gasteiger partial charge in [0.1, 0.15) is 16.6 Å². The van der Waals surface area contributed by atoms with E-state index in [4.69, 9.17) is 30.8 Å². The van der Waals surface area contributed by atoms with Gasteiger partial charge >= 0.3 is 12.1 Å². The molecule has 0 saturated carbocycles. The predicted molar refractivity (Wildman–Crippen MR) is 148 cm³/mol. The monoisotopic (exact) mass is 600 g/mol. The van der Waals surface area contributed by atoms with Crippen LogP contribution in [0.1, 0.15) is 24.6 Å². The number of benzene rings is 1. The summed E-state index contributed by atoms with van der Waals surface area (Å²) in [6, 6.07) is 9.64. The normalized spacial score (nSPS) is 13.9. The largest absolute Gasteiger partial charge is 0.490 e. The third kappa shape index (κ3) is 8.44. The molecule has 1 aromatic carbocycles. The van der Waals surface area contributed by atoms with Crippen molar-refractivity contribution in [2.24, 2.45) is 11.7 Å². The Morgan fingerprint density at radius 1 is 1.28 bits per heavy atom. The molecule has 39 heavy (non-hydrogen) atoms. The number of aliphatic carboxylic acids is 1. The molecule has 0 bridgehead atoms. The predicted octanol–water partition coefficient (Wildman–Crippen LogP) is 5.82. The highest BCUT2D eigenvalue weighted by Crippen LogP contribution is 2.40. The van der Waals surface area contributed by atoms with Crippen molar-refractivity contribution >= 4 is 52.1 Å². The second-order valence-corrected chi connectivity index (χ2v) is 11.6. The summed E-state index contributed by atoms with van der Waals surface area (Å²) in [5.41, 5.74) is 8.48. The Hall–Kier alpha value is -3.10. The number of likely N-dealkylation sites (tertiary alicyclic amines) is 1. The number of thiophene rings is 1. The first-order valence-corrected chi connectivity index (χ1v) is 14.6. The van der Waals surface area contributed by atoms with Gasteiger partial charge in [0, 0.05) is 29.6 Å². The van der Waals surface area contributed by atoms with E-state index < -0.39 is 12.1 Å². The standard InChI is InChI=1S/C23H26N4O2S3.C2HF3O2/c1-14-6-8-27(9-7-14)20(28)12-29-16-5-3-4-15(10-16)18-13-31-22(26-18)17-11-19(21(24)25)32-23(17)30-2;3-2(4,5)1(6)7/h3-5,10-11,13-14H,6-9,12H2,1-2H3,(H3,24,25);(H,6,7). The van der Waals surface area contributed by atoms with Gasteiger partial charge in [0.2, 0.25) is 0 Å². The summed E-state index contributed by atoms with van der Waals surface area (Å²) in [5, 5.41) is 17.8. The lowest BCUT2D eigenvalue weighted by molar-refractivity contribution is -0.192. The zero-order valence-corrected chi connectivity index (χ0v) is 23.5. The van der Waals surface area contributed by atoms with E-state index in [0.717, 1.165) is 56.8 Å². The lowest BCUT2D eigenvalue weighted by Gasteiger charge is -2.30. The fraction of sp³-hybridized carbons (Fsp3) is 0.360. The molecule has 1 amide bonds. The molecule has 1 aliphatic heterocycles. The molecular formula is C25H27F3N4O4S3. The average Bonchev–Trinajstić information content (AvgIpc) is 3.55. The zero-order valence-electron chi connectivity index (χ0n) is 21.1. The van der Waals surface area contributed by atoms with E-state index in [2.05, 4.69) is 6.92 Å². The molecule has 0 aliphatic carbocycles. The maximum Gasteiger partial charge on any atom is 0.490 e. The maximum atomic E-state index is 12.5. The first-order chi connectivity index (χ1) is 18.4. The molecule has 14 heteroatoms. The number of hydrogen-bond donors (Lipinski definition) is 3. The van der Waals surface area contributed by atoms with E-state index in [0.29, 0.717) is 11.7 Å². The zero-order chi connectivity index (χ0) is 28.7. The minimum atomic E-state index is -5.08. The van der Waals surface area contributed by atoms with Gasteiger partial charge in [-0.2, -0.15) is 13.2 Å². The van der Waals surface area contributed by atoms with E-state index in [9.17, 15) is 18.0 Å². The summed E-state index contributed by atoms with van der Waals surface area (Å²) in [5.74, 6) is -1.29.